The Labute approximate surface area is 214 Å². The maximum Gasteiger partial charge on any atom is 0.310 e. The van der Waals surface area contributed by atoms with E-state index in [2.05, 4.69) is 27.0 Å². The average Bonchev–Trinajstić information content (AvgIpc) is 3.41. The van der Waals surface area contributed by atoms with Crippen LogP contribution in [0.2, 0.25) is 0 Å². The second-order valence-corrected chi connectivity index (χ2v) is 11.7. The number of amides is 2. The molecule has 7 nitrogen and oxygen atoms in total. The number of esters is 1. The lowest BCUT2D eigenvalue weighted by Crippen LogP contribution is -2.58. The molecule has 3 aliphatic rings. The Kier molecular flexibility index (Phi) is 9.49. The number of hydrogen-bond acceptors (Lipinski definition) is 6. The third kappa shape index (κ3) is 4.93. The predicted molar refractivity (Wildman–Crippen MR) is 139 cm³/mol. The van der Waals surface area contributed by atoms with Gasteiger partial charge in [0.15, 0.2) is 0 Å². The van der Waals surface area contributed by atoms with Crippen molar-refractivity contribution >= 4 is 29.5 Å². The Bertz CT molecular complexity index is 819. The van der Waals surface area contributed by atoms with Gasteiger partial charge in [0, 0.05) is 24.4 Å². The van der Waals surface area contributed by atoms with Gasteiger partial charge in [0.1, 0.15) is 6.04 Å². The maximum absolute atomic E-state index is 14.2. The molecule has 4 unspecified atom stereocenters. The van der Waals surface area contributed by atoms with E-state index >= 15 is 0 Å². The van der Waals surface area contributed by atoms with Gasteiger partial charge in [-0.25, -0.2) is 0 Å². The predicted octanol–water partition coefficient (Wildman–Crippen LogP) is 3.42. The molecule has 0 aromatic carbocycles. The van der Waals surface area contributed by atoms with Crippen molar-refractivity contribution in [1.29, 1.82) is 0 Å². The molecule has 1 N–H and O–H groups in total. The molecule has 3 aliphatic heterocycles. The number of nitrogens with zero attached hydrogens (tertiary/aromatic N) is 2. The molecule has 8 heteroatoms. The number of β-amino-alcohol motifs (C(OH)–C–C–N with tert-alkyl or cyclic N) is 1. The Morgan fingerprint density at radius 1 is 1.34 bits per heavy atom. The van der Waals surface area contributed by atoms with Crippen molar-refractivity contribution in [3.63, 3.8) is 0 Å². The number of rotatable bonds is 14. The third-order valence-electron chi connectivity index (χ3n) is 7.99. The number of aliphatic hydroxyl groups is 1. The highest BCUT2D eigenvalue weighted by Gasteiger charge is 2.76. The zero-order valence-corrected chi connectivity index (χ0v) is 22.3. The Hall–Kier alpha value is -1.80. The minimum absolute atomic E-state index is 0.00210. The van der Waals surface area contributed by atoms with E-state index in [1.165, 1.54) is 0 Å². The molecular formula is C27H42N2O5S. The van der Waals surface area contributed by atoms with Gasteiger partial charge in [-0.2, -0.15) is 0 Å². The van der Waals surface area contributed by atoms with Gasteiger partial charge >= 0.3 is 5.97 Å². The van der Waals surface area contributed by atoms with Gasteiger partial charge < -0.3 is 19.6 Å². The molecule has 0 saturated carbocycles. The van der Waals surface area contributed by atoms with E-state index in [4.69, 9.17) is 4.74 Å². The van der Waals surface area contributed by atoms with Crippen molar-refractivity contribution in [2.75, 3.05) is 26.3 Å². The number of fused-ring (bicyclic) bond motifs is 1. The van der Waals surface area contributed by atoms with Crippen molar-refractivity contribution in [3.8, 4) is 0 Å². The van der Waals surface area contributed by atoms with Crippen molar-refractivity contribution in [3.05, 3.63) is 25.3 Å². The Morgan fingerprint density at radius 2 is 2.09 bits per heavy atom. The van der Waals surface area contributed by atoms with Crippen LogP contribution in [0.1, 0.15) is 59.3 Å². The lowest BCUT2D eigenvalue weighted by Gasteiger charge is -2.41. The van der Waals surface area contributed by atoms with Crippen molar-refractivity contribution in [1.82, 2.24) is 9.80 Å². The highest BCUT2D eigenvalue weighted by atomic mass is 32.2. The summed E-state index contributed by atoms with van der Waals surface area (Å²) >= 11 is 1.64. The van der Waals surface area contributed by atoms with Crippen LogP contribution in [-0.2, 0) is 19.1 Å². The lowest BCUT2D eigenvalue weighted by molar-refractivity contribution is -0.154. The smallest absolute Gasteiger partial charge is 0.310 e. The van der Waals surface area contributed by atoms with Gasteiger partial charge in [0.2, 0.25) is 11.8 Å². The quantitative estimate of drug-likeness (QED) is 0.221. The Balaban J connectivity index is 1.92. The number of carbonyl (C=O) groups excluding carboxylic acids is 3. The molecule has 35 heavy (non-hydrogen) atoms. The second kappa shape index (κ2) is 12.0. The van der Waals surface area contributed by atoms with Crippen molar-refractivity contribution in [2.45, 2.75) is 81.4 Å². The van der Waals surface area contributed by atoms with E-state index in [9.17, 15) is 19.5 Å². The molecule has 3 heterocycles. The number of hydrogen-bond donors (Lipinski definition) is 1. The summed E-state index contributed by atoms with van der Waals surface area (Å²) < 4.78 is 4.96. The van der Waals surface area contributed by atoms with Crippen molar-refractivity contribution in [2.24, 2.45) is 17.8 Å². The summed E-state index contributed by atoms with van der Waals surface area (Å²) in [5, 5.41) is 9.76. The number of allylic oxidation sites excluding steroid dienone is 1. The first-order valence-corrected chi connectivity index (χ1v) is 14.0. The van der Waals surface area contributed by atoms with Crippen LogP contribution in [0.15, 0.2) is 25.3 Å². The van der Waals surface area contributed by atoms with Gasteiger partial charge in [-0.05, 0) is 44.9 Å². The molecule has 2 amide bonds. The molecule has 196 valence electrons. The van der Waals surface area contributed by atoms with Gasteiger partial charge in [-0.15, -0.1) is 24.9 Å². The molecule has 3 fully saturated rings. The van der Waals surface area contributed by atoms with Crippen LogP contribution < -0.4 is 0 Å². The number of likely N-dealkylation sites (tertiary alicyclic amines) is 1. The normalized spacial score (nSPS) is 31.8. The monoisotopic (exact) mass is 506 g/mol. The summed E-state index contributed by atoms with van der Waals surface area (Å²) in [4.78, 5) is 44.6. The van der Waals surface area contributed by atoms with E-state index in [1.807, 2.05) is 17.9 Å². The highest BCUT2D eigenvalue weighted by Crippen LogP contribution is 2.68. The van der Waals surface area contributed by atoms with E-state index in [0.717, 1.165) is 38.5 Å². The van der Waals surface area contributed by atoms with Crippen LogP contribution in [-0.4, -0.2) is 81.1 Å². The SMILES string of the molecule is C=CCCCCOC(=O)[C@@H]1[C@H]2C(=O)N(CCO)C(C(=O)N(CC=C)C(C)CCC)C23S[C@@H]1CC3C. The van der Waals surface area contributed by atoms with Crippen LogP contribution in [0.3, 0.4) is 0 Å². The zero-order chi connectivity index (χ0) is 25.8. The molecule has 3 rings (SSSR count). The van der Waals surface area contributed by atoms with Gasteiger partial charge in [-0.3, -0.25) is 14.4 Å². The number of ether oxygens (including phenoxy) is 1. The molecule has 2 bridgehead atoms. The van der Waals surface area contributed by atoms with E-state index in [1.54, 1.807) is 22.7 Å². The highest BCUT2D eigenvalue weighted by molar-refractivity contribution is 8.02. The zero-order valence-electron chi connectivity index (χ0n) is 21.5. The second-order valence-electron chi connectivity index (χ2n) is 10.2. The summed E-state index contributed by atoms with van der Waals surface area (Å²) in [7, 11) is 0. The average molecular weight is 507 g/mol. The fourth-order valence-corrected chi connectivity index (χ4v) is 8.84. The van der Waals surface area contributed by atoms with E-state index in [0.29, 0.717) is 13.2 Å². The summed E-state index contributed by atoms with van der Waals surface area (Å²) in [6.45, 7) is 14.4. The topological polar surface area (TPSA) is 87.1 Å². The molecule has 0 radical (unpaired) electrons. The minimum atomic E-state index is -0.707. The molecule has 0 aromatic rings. The number of unbranched alkanes of at least 4 members (excludes halogenated alkanes) is 2. The van der Waals surface area contributed by atoms with Gasteiger partial charge in [0.05, 0.1) is 29.8 Å². The standard InChI is InChI=1S/C27H42N2O5S/c1-6-9-10-11-16-34-26(33)21-20-17-18(4)27(35-20)22(21)24(31)29(14-15-30)23(27)25(32)28(13-8-3)19(5)12-7-2/h6,8,18-23,30H,1,3,7,9-17H2,2,4-5H3/t18?,19?,20-,21+,22+,23?,27?/m1/s1. The van der Waals surface area contributed by atoms with Crippen molar-refractivity contribution < 1.29 is 24.2 Å². The van der Waals surface area contributed by atoms with Gasteiger partial charge in [-0.1, -0.05) is 32.4 Å². The molecule has 1 spiro atoms. The molecular weight excluding hydrogens is 464 g/mol. The number of carbonyl (C=O) groups is 3. The summed E-state index contributed by atoms with van der Waals surface area (Å²) in [6.07, 6.45) is 8.66. The van der Waals surface area contributed by atoms with E-state index < -0.39 is 22.6 Å². The fourth-order valence-electron chi connectivity index (χ4n) is 6.43. The molecule has 0 aliphatic carbocycles. The largest absolute Gasteiger partial charge is 0.465 e. The summed E-state index contributed by atoms with van der Waals surface area (Å²) in [5.74, 6) is -1.69. The summed E-state index contributed by atoms with van der Waals surface area (Å²) in [6, 6.07) is -0.705. The first-order valence-electron chi connectivity index (χ1n) is 13.1. The molecule has 3 saturated heterocycles. The van der Waals surface area contributed by atoms with Crippen LogP contribution in [0.5, 0.6) is 0 Å². The number of aliphatic hydroxyl groups excluding tert-OH is 1. The molecule has 0 aromatic heterocycles. The van der Waals surface area contributed by atoms with Crippen LogP contribution >= 0.6 is 11.8 Å². The van der Waals surface area contributed by atoms with Gasteiger partial charge in [0.25, 0.3) is 0 Å². The van der Waals surface area contributed by atoms with Crippen LogP contribution in [0.25, 0.3) is 0 Å². The fraction of sp³-hybridized carbons (Fsp3) is 0.741. The van der Waals surface area contributed by atoms with E-state index in [-0.39, 0.29) is 48.1 Å². The molecule has 7 atom stereocenters. The van der Waals surface area contributed by atoms with Crippen LogP contribution in [0.4, 0.5) is 0 Å². The maximum atomic E-state index is 14.2. The van der Waals surface area contributed by atoms with Crippen LogP contribution in [0, 0.1) is 17.8 Å². The lowest BCUT2D eigenvalue weighted by atomic mass is 9.66. The third-order valence-corrected chi connectivity index (χ3v) is 10.1. The Morgan fingerprint density at radius 3 is 2.71 bits per heavy atom. The summed E-state index contributed by atoms with van der Waals surface area (Å²) in [5.41, 5.74) is 0. The number of thioether (sulfide) groups is 1. The first-order chi connectivity index (χ1) is 16.8. The minimum Gasteiger partial charge on any atom is -0.465 e. The first kappa shape index (κ1) is 27.8.